The van der Waals surface area contributed by atoms with Gasteiger partial charge in [0.2, 0.25) is 5.91 Å². The zero-order valence-electron chi connectivity index (χ0n) is 15.8. The number of hydrogen-bond donors (Lipinski definition) is 3. The molecule has 0 unspecified atom stereocenters. The molecular formula is C20H23N3O3S. The molecular weight excluding hydrogens is 362 g/mol. The van der Waals surface area contributed by atoms with Crippen LogP contribution in [0.5, 0.6) is 5.75 Å². The number of nitrogens with one attached hydrogen (secondary N) is 3. The molecule has 0 fully saturated rings. The predicted molar refractivity (Wildman–Crippen MR) is 111 cm³/mol. The van der Waals surface area contributed by atoms with E-state index in [9.17, 15) is 9.59 Å². The summed E-state index contributed by atoms with van der Waals surface area (Å²) in [5.74, 6) is 0.223. The molecule has 0 radical (unpaired) electrons. The third-order valence-electron chi connectivity index (χ3n) is 3.52. The van der Waals surface area contributed by atoms with Gasteiger partial charge in [-0.15, -0.1) is 0 Å². The number of carbonyl (C=O) groups is 2. The Hall–Kier alpha value is -2.93. The van der Waals surface area contributed by atoms with Crippen LogP contribution in [0.25, 0.3) is 0 Å². The molecule has 142 valence electrons. The standard InChI is InChI=1S/C20H23N3O3S/c1-12(2)26-17-9-6-15(7-10-17)19(25)23-20(27)22-16-8-5-13(3)18(11-16)21-14(4)24/h5-12H,1-4H3,(H,21,24)(H2,22,23,25,27). The van der Waals surface area contributed by atoms with Crippen LogP contribution in [0.1, 0.15) is 36.7 Å². The van der Waals surface area contributed by atoms with Gasteiger partial charge in [-0.1, -0.05) is 6.07 Å². The van der Waals surface area contributed by atoms with E-state index in [0.29, 0.717) is 22.7 Å². The van der Waals surface area contributed by atoms with Crippen molar-refractivity contribution < 1.29 is 14.3 Å². The molecule has 7 heteroatoms. The molecule has 0 saturated heterocycles. The summed E-state index contributed by atoms with van der Waals surface area (Å²) < 4.78 is 5.56. The van der Waals surface area contributed by atoms with E-state index in [1.54, 1.807) is 30.3 Å². The van der Waals surface area contributed by atoms with Gasteiger partial charge in [-0.05, 0) is 75.0 Å². The number of thiocarbonyl (C=S) groups is 1. The largest absolute Gasteiger partial charge is 0.491 e. The summed E-state index contributed by atoms with van der Waals surface area (Å²) in [6.07, 6.45) is 0.0679. The molecule has 0 aliphatic carbocycles. The van der Waals surface area contributed by atoms with Crippen molar-refractivity contribution in [1.29, 1.82) is 0 Å². The van der Waals surface area contributed by atoms with Crippen LogP contribution in [0, 0.1) is 6.92 Å². The van der Waals surface area contributed by atoms with Gasteiger partial charge < -0.3 is 15.4 Å². The fraction of sp³-hybridized carbons (Fsp3) is 0.250. The van der Waals surface area contributed by atoms with Crippen molar-refractivity contribution >= 4 is 40.5 Å². The first-order chi connectivity index (χ1) is 12.7. The van der Waals surface area contributed by atoms with Crippen molar-refractivity contribution in [3.05, 3.63) is 53.6 Å². The van der Waals surface area contributed by atoms with Crippen LogP contribution in [0.3, 0.4) is 0 Å². The van der Waals surface area contributed by atoms with Crippen molar-refractivity contribution in [3.63, 3.8) is 0 Å². The average molecular weight is 385 g/mol. The fourth-order valence-electron chi connectivity index (χ4n) is 2.32. The van der Waals surface area contributed by atoms with E-state index in [4.69, 9.17) is 17.0 Å². The van der Waals surface area contributed by atoms with Crippen LogP contribution in [0.15, 0.2) is 42.5 Å². The first-order valence-corrected chi connectivity index (χ1v) is 8.92. The van der Waals surface area contributed by atoms with E-state index < -0.39 is 0 Å². The zero-order chi connectivity index (χ0) is 20.0. The minimum Gasteiger partial charge on any atom is -0.491 e. The third-order valence-corrected chi connectivity index (χ3v) is 3.73. The molecule has 0 aromatic heterocycles. The maximum atomic E-state index is 12.3. The Morgan fingerprint density at radius 3 is 2.30 bits per heavy atom. The molecule has 0 bridgehead atoms. The molecule has 0 aliphatic heterocycles. The molecule has 0 spiro atoms. The highest BCUT2D eigenvalue weighted by molar-refractivity contribution is 7.80. The Balaban J connectivity index is 1.98. The summed E-state index contributed by atoms with van der Waals surface area (Å²) >= 11 is 5.20. The molecule has 0 heterocycles. The number of carbonyl (C=O) groups excluding carboxylic acids is 2. The highest BCUT2D eigenvalue weighted by atomic mass is 32.1. The Bertz CT molecular complexity index is 848. The van der Waals surface area contributed by atoms with Crippen molar-refractivity contribution in [3.8, 4) is 5.75 Å². The van der Waals surface area contributed by atoms with Crippen LogP contribution < -0.4 is 20.7 Å². The third kappa shape index (κ3) is 6.38. The van der Waals surface area contributed by atoms with Crippen molar-refractivity contribution in [1.82, 2.24) is 5.32 Å². The average Bonchev–Trinajstić information content (AvgIpc) is 2.57. The SMILES string of the molecule is CC(=O)Nc1cc(NC(=S)NC(=O)c2ccc(OC(C)C)cc2)ccc1C. The molecule has 2 amide bonds. The summed E-state index contributed by atoms with van der Waals surface area (Å²) in [5, 5.41) is 8.49. The quantitative estimate of drug-likeness (QED) is 0.681. The summed E-state index contributed by atoms with van der Waals surface area (Å²) in [6.45, 7) is 7.21. The minimum atomic E-state index is -0.321. The number of ether oxygens (including phenoxy) is 1. The van der Waals surface area contributed by atoms with Crippen molar-refractivity contribution in [2.24, 2.45) is 0 Å². The Morgan fingerprint density at radius 2 is 1.70 bits per heavy atom. The van der Waals surface area contributed by atoms with Crippen LogP contribution in [-0.4, -0.2) is 23.0 Å². The van der Waals surface area contributed by atoms with Gasteiger partial charge in [0.15, 0.2) is 5.11 Å². The van der Waals surface area contributed by atoms with Crippen LogP contribution in [0.2, 0.25) is 0 Å². The molecule has 0 atom stereocenters. The lowest BCUT2D eigenvalue weighted by atomic mass is 10.2. The maximum Gasteiger partial charge on any atom is 0.257 e. The summed E-state index contributed by atoms with van der Waals surface area (Å²) in [4.78, 5) is 23.6. The molecule has 27 heavy (non-hydrogen) atoms. The topological polar surface area (TPSA) is 79.5 Å². The predicted octanol–water partition coefficient (Wildman–Crippen LogP) is 3.87. The normalized spacial score (nSPS) is 10.3. The van der Waals surface area contributed by atoms with Gasteiger partial charge in [0, 0.05) is 23.9 Å². The van der Waals surface area contributed by atoms with Gasteiger partial charge in [0.05, 0.1) is 6.10 Å². The molecule has 2 rings (SSSR count). The monoisotopic (exact) mass is 385 g/mol. The smallest absolute Gasteiger partial charge is 0.257 e. The van der Waals surface area contributed by atoms with Gasteiger partial charge in [0.25, 0.3) is 5.91 Å². The number of anilines is 2. The van der Waals surface area contributed by atoms with E-state index in [1.165, 1.54) is 6.92 Å². The maximum absolute atomic E-state index is 12.3. The van der Waals surface area contributed by atoms with E-state index in [2.05, 4.69) is 16.0 Å². The summed E-state index contributed by atoms with van der Waals surface area (Å²) in [5.41, 5.74) is 2.74. The minimum absolute atomic E-state index is 0.0679. The van der Waals surface area contributed by atoms with Crippen LogP contribution in [-0.2, 0) is 4.79 Å². The summed E-state index contributed by atoms with van der Waals surface area (Å²) in [7, 11) is 0. The number of amides is 2. The fourth-order valence-corrected chi connectivity index (χ4v) is 2.53. The van der Waals surface area contributed by atoms with Crippen molar-refractivity contribution in [2.75, 3.05) is 10.6 Å². The number of aryl methyl sites for hydroxylation is 1. The highest BCUT2D eigenvalue weighted by Gasteiger charge is 2.10. The first kappa shape index (κ1) is 20.4. The number of hydrogen-bond acceptors (Lipinski definition) is 4. The van der Waals surface area contributed by atoms with E-state index in [0.717, 1.165) is 5.56 Å². The van der Waals surface area contributed by atoms with Gasteiger partial charge in [-0.3, -0.25) is 14.9 Å². The van der Waals surface area contributed by atoms with Gasteiger partial charge >= 0.3 is 0 Å². The Labute approximate surface area is 164 Å². The Morgan fingerprint density at radius 1 is 1.04 bits per heavy atom. The lowest BCUT2D eigenvalue weighted by Gasteiger charge is -2.13. The molecule has 0 saturated carbocycles. The lowest BCUT2D eigenvalue weighted by molar-refractivity contribution is -0.114. The van der Waals surface area contributed by atoms with E-state index >= 15 is 0 Å². The van der Waals surface area contributed by atoms with Crippen molar-refractivity contribution in [2.45, 2.75) is 33.8 Å². The zero-order valence-corrected chi connectivity index (χ0v) is 16.6. The molecule has 3 N–H and O–H groups in total. The molecule has 2 aromatic carbocycles. The highest BCUT2D eigenvalue weighted by Crippen LogP contribution is 2.20. The second-order valence-corrected chi connectivity index (χ2v) is 6.72. The molecule has 0 aliphatic rings. The second kappa shape index (κ2) is 9.14. The molecule has 2 aromatic rings. The number of benzene rings is 2. The van der Waals surface area contributed by atoms with Crippen LogP contribution >= 0.6 is 12.2 Å². The molecule has 6 nitrogen and oxygen atoms in total. The van der Waals surface area contributed by atoms with E-state index in [1.807, 2.05) is 32.9 Å². The van der Waals surface area contributed by atoms with Gasteiger partial charge in [-0.25, -0.2) is 0 Å². The van der Waals surface area contributed by atoms with E-state index in [-0.39, 0.29) is 23.0 Å². The van der Waals surface area contributed by atoms with Gasteiger partial charge in [0.1, 0.15) is 5.75 Å². The number of rotatable bonds is 5. The lowest BCUT2D eigenvalue weighted by Crippen LogP contribution is -2.34. The first-order valence-electron chi connectivity index (χ1n) is 8.52. The van der Waals surface area contributed by atoms with Crippen LogP contribution in [0.4, 0.5) is 11.4 Å². The van der Waals surface area contributed by atoms with Gasteiger partial charge in [-0.2, -0.15) is 0 Å². The second-order valence-electron chi connectivity index (χ2n) is 6.31. The summed E-state index contributed by atoms with van der Waals surface area (Å²) in [6, 6.07) is 12.3. The Kier molecular flexibility index (Phi) is 6.90.